The average Bonchev–Trinajstić information content (AvgIpc) is 2.96. The zero-order valence-corrected chi connectivity index (χ0v) is 14.0. The van der Waals surface area contributed by atoms with Crippen LogP contribution in [-0.2, 0) is 20.7 Å². The summed E-state index contributed by atoms with van der Waals surface area (Å²) in [5, 5.41) is 16.4. The van der Waals surface area contributed by atoms with Crippen molar-refractivity contribution in [3.63, 3.8) is 0 Å². The summed E-state index contributed by atoms with van der Waals surface area (Å²) in [5.74, 6) is -1.21. The second-order valence-electron chi connectivity index (χ2n) is 6.26. The van der Waals surface area contributed by atoms with Crippen molar-refractivity contribution in [1.82, 2.24) is 5.32 Å². The number of aliphatic carboxylic acids is 1. The van der Waals surface area contributed by atoms with Gasteiger partial charge in [0.05, 0.1) is 6.10 Å². The minimum absolute atomic E-state index is 0.147. The number of amides is 1. The molecular formula is C16H23NO4S. The lowest BCUT2D eigenvalue weighted by Crippen LogP contribution is -2.76. The number of carbonyl (C=O) groups excluding carboxylic acids is 1. The number of carboxylic acids is 1. The molecule has 1 fully saturated rings. The third-order valence-corrected chi connectivity index (χ3v) is 5.44. The van der Waals surface area contributed by atoms with Crippen LogP contribution in [0.2, 0.25) is 0 Å². The number of thiophene rings is 1. The van der Waals surface area contributed by atoms with Crippen LogP contribution in [0.15, 0.2) is 16.8 Å². The Kier molecular flexibility index (Phi) is 4.92. The van der Waals surface area contributed by atoms with E-state index < -0.39 is 16.9 Å². The molecule has 0 radical (unpaired) electrons. The summed E-state index contributed by atoms with van der Waals surface area (Å²) in [6, 6.07) is 1.98. The van der Waals surface area contributed by atoms with Crippen LogP contribution in [0.5, 0.6) is 0 Å². The highest BCUT2D eigenvalue weighted by Crippen LogP contribution is 2.51. The van der Waals surface area contributed by atoms with Gasteiger partial charge in [0, 0.05) is 24.9 Å². The van der Waals surface area contributed by atoms with Crippen molar-refractivity contribution in [2.75, 3.05) is 6.61 Å². The zero-order valence-electron chi connectivity index (χ0n) is 13.2. The lowest BCUT2D eigenvalue weighted by molar-refractivity contribution is -0.194. The smallest absolute Gasteiger partial charge is 0.330 e. The fraction of sp³-hybridized carbons (Fsp3) is 0.625. The van der Waals surface area contributed by atoms with Crippen LogP contribution in [-0.4, -0.2) is 35.2 Å². The van der Waals surface area contributed by atoms with E-state index in [1.54, 1.807) is 11.3 Å². The number of hydrogen-bond donors (Lipinski definition) is 2. The Morgan fingerprint density at radius 3 is 2.73 bits per heavy atom. The van der Waals surface area contributed by atoms with Crippen LogP contribution in [0.3, 0.4) is 0 Å². The van der Waals surface area contributed by atoms with Gasteiger partial charge in [-0.25, -0.2) is 4.79 Å². The molecule has 0 aromatic carbocycles. The maximum Gasteiger partial charge on any atom is 0.330 e. The minimum Gasteiger partial charge on any atom is -0.479 e. The standard InChI is InChI=1S/C16H23NO4S/c1-4-21-12-9-16(14(19)20,15(12,2)3)17-13(18)6-5-11-7-8-22-10-11/h7-8,10,12H,4-6,9H2,1-3H3,(H,17,18)(H,19,20). The molecule has 1 aliphatic carbocycles. The molecule has 5 nitrogen and oxygen atoms in total. The lowest BCUT2D eigenvalue weighted by Gasteiger charge is -2.58. The molecule has 2 N–H and O–H groups in total. The molecule has 2 atom stereocenters. The first kappa shape index (κ1) is 17.0. The van der Waals surface area contributed by atoms with E-state index in [9.17, 15) is 14.7 Å². The molecule has 1 aromatic heterocycles. The van der Waals surface area contributed by atoms with E-state index in [4.69, 9.17) is 4.74 Å². The van der Waals surface area contributed by atoms with Gasteiger partial charge in [-0.05, 0) is 35.7 Å². The van der Waals surface area contributed by atoms with Gasteiger partial charge >= 0.3 is 5.97 Å². The van der Waals surface area contributed by atoms with Crippen molar-refractivity contribution in [1.29, 1.82) is 0 Å². The molecule has 122 valence electrons. The van der Waals surface area contributed by atoms with Gasteiger partial charge < -0.3 is 15.2 Å². The summed E-state index contributed by atoms with van der Waals surface area (Å²) in [6.07, 6.45) is 1.08. The highest BCUT2D eigenvalue weighted by molar-refractivity contribution is 7.07. The Bertz CT molecular complexity index is 540. The summed E-state index contributed by atoms with van der Waals surface area (Å²) in [7, 11) is 0. The minimum atomic E-state index is -1.24. The highest BCUT2D eigenvalue weighted by Gasteiger charge is 2.66. The van der Waals surface area contributed by atoms with Crippen LogP contribution >= 0.6 is 11.3 Å². The third-order valence-electron chi connectivity index (χ3n) is 4.70. The predicted octanol–water partition coefficient (Wildman–Crippen LogP) is 2.46. The van der Waals surface area contributed by atoms with Gasteiger partial charge in [-0.2, -0.15) is 11.3 Å². The predicted molar refractivity (Wildman–Crippen MR) is 85.0 cm³/mol. The Morgan fingerprint density at radius 2 is 2.23 bits per heavy atom. The SMILES string of the molecule is CCOC1CC(NC(=O)CCc2ccsc2)(C(=O)O)C1(C)C. The fourth-order valence-electron chi connectivity index (χ4n) is 3.03. The molecule has 2 unspecified atom stereocenters. The number of carbonyl (C=O) groups is 2. The third kappa shape index (κ3) is 2.90. The van der Waals surface area contributed by atoms with Crippen LogP contribution in [0, 0.1) is 5.41 Å². The normalized spacial score (nSPS) is 26.2. The molecule has 2 rings (SSSR count). The van der Waals surface area contributed by atoms with Gasteiger partial charge in [0.15, 0.2) is 0 Å². The monoisotopic (exact) mass is 325 g/mol. The average molecular weight is 325 g/mol. The fourth-order valence-corrected chi connectivity index (χ4v) is 3.73. The van der Waals surface area contributed by atoms with Crippen molar-refractivity contribution < 1.29 is 19.4 Å². The second-order valence-corrected chi connectivity index (χ2v) is 7.04. The van der Waals surface area contributed by atoms with Gasteiger partial charge in [-0.3, -0.25) is 4.79 Å². The molecule has 1 amide bonds. The number of ether oxygens (including phenoxy) is 1. The van der Waals surface area contributed by atoms with Crippen LogP contribution in [0.1, 0.15) is 39.2 Å². The summed E-state index contributed by atoms with van der Waals surface area (Å²) in [4.78, 5) is 24.0. The van der Waals surface area contributed by atoms with Gasteiger partial charge in [-0.15, -0.1) is 0 Å². The quantitative estimate of drug-likeness (QED) is 0.807. The number of rotatable bonds is 7. The number of nitrogens with one attached hydrogen (secondary N) is 1. The van der Waals surface area contributed by atoms with Gasteiger partial charge in [0.2, 0.25) is 5.91 Å². The van der Waals surface area contributed by atoms with E-state index in [-0.39, 0.29) is 12.0 Å². The molecule has 0 spiro atoms. The van der Waals surface area contributed by atoms with Gasteiger partial charge in [-0.1, -0.05) is 13.8 Å². The van der Waals surface area contributed by atoms with Crippen LogP contribution in [0.4, 0.5) is 0 Å². The first-order valence-corrected chi connectivity index (χ1v) is 8.45. The molecule has 0 bridgehead atoms. The molecule has 22 heavy (non-hydrogen) atoms. The van der Waals surface area contributed by atoms with Gasteiger partial charge in [0.25, 0.3) is 0 Å². The first-order chi connectivity index (χ1) is 10.3. The van der Waals surface area contributed by atoms with Crippen molar-refractivity contribution in [2.45, 2.75) is 51.7 Å². The zero-order chi connectivity index (χ0) is 16.4. The van der Waals surface area contributed by atoms with Crippen molar-refractivity contribution >= 4 is 23.2 Å². The first-order valence-electron chi connectivity index (χ1n) is 7.50. The molecule has 1 aromatic rings. The Labute approximate surface area is 134 Å². The summed E-state index contributed by atoms with van der Waals surface area (Å²) < 4.78 is 5.59. The molecule has 1 aliphatic rings. The van der Waals surface area contributed by atoms with Crippen molar-refractivity contribution in [3.8, 4) is 0 Å². The van der Waals surface area contributed by atoms with E-state index in [2.05, 4.69) is 5.32 Å². The maximum atomic E-state index is 12.2. The second kappa shape index (κ2) is 6.38. The van der Waals surface area contributed by atoms with Crippen LogP contribution < -0.4 is 5.32 Å². The molecule has 1 heterocycles. The summed E-state index contributed by atoms with van der Waals surface area (Å²) >= 11 is 1.59. The van der Waals surface area contributed by atoms with Crippen LogP contribution in [0.25, 0.3) is 0 Å². The Hall–Kier alpha value is -1.40. The molecule has 0 aliphatic heterocycles. The van der Waals surface area contributed by atoms with E-state index in [1.165, 1.54) is 0 Å². The summed E-state index contributed by atoms with van der Waals surface area (Å²) in [5.41, 5.74) is -0.768. The lowest BCUT2D eigenvalue weighted by atomic mass is 9.54. The van der Waals surface area contributed by atoms with E-state index >= 15 is 0 Å². The van der Waals surface area contributed by atoms with E-state index in [0.29, 0.717) is 25.9 Å². The molecule has 6 heteroatoms. The largest absolute Gasteiger partial charge is 0.479 e. The molecular weight excluding hydrogens is 302 g/mol. The highest BCUT2D eigenvalue weighted by atomic mass is 32.1. The number of hydrogen-bond acceptors (Lipinski definition) is 4. The summed E-state index contributed by atoms with van der Waals surface area (Å²) in [6.45, 7) is 6.10. The Morgan fingerprint density at radius 1 is 1.50 bits per heavy atom. The van der Waals surface area contributed by atoms with Crippen molar-refractivity contribution in [3.05, 3.63) is 22.4 Å². The Balaban J connectivity index is 2.01. The molecule has 1 saturated carbocycles. The van der Waals surface area contributed by atoms with Gasteiger partial charge in [0.1, 0.15) is 5.54 Å². The maximum absolute atomic E-state index is 12.2. The topological polar surface area (TPSA) is 75.6 Å². The van der Waals surface area contributed by atoms with E-state index in [1.807, 2.05) is 37.6 Å². The van der Waals surface area contributed by atoms with Crippen molar-refractivity contribution in [2.24, 2.45) is 5.41 Å². The molecule has 0 saturated heterocycles. The van der Waals surface area contributed by atoms with E-state index in [0.717, 1.165) is 5.56 Å². The number of carboxylic acid groups (broad SMARTS) is 1. The number of aryl methyl sites for hydroxylation is 1.